The van der Waals surface area contributed by atoms with Gasteiger partial charge in [0.25, 0.3) is 0 Å². The zero-order valence-corrected chi connectivity index (χ0v) is 8.47. The van der Waals surface area contributed by atoms with Crippen LogP contribution < -0.4 is 5.32 Å². The molecule has 0 saturated carbocycles. The maximum atomic E-state index is 10.8. The van der Waals surface area contributed by atoms with E-state index in [4.69, 9.17) is 9.47 Å². The maximum Gasteiger partial charge on any atom is 0.307 e. The van der Waals surface area contributed by atoms with E-state index >= 15 is 0 Å². The molecule has 0 fully saturated rings. The van der Waals surface area contributed by atoms with Gasteiger partial charge in [-0.25, -0.2) is 0 Å². The van der Waals surface area contributed by atoms with Crippen molar-refractivity contribution < 1.29 is 14.3 Å². The van der Waals surface area contributed by atoms with Gasteiger partial charge in [0.05, 0.1) is 13.0 Å². The van der Waals surface area contributed by atoms with Crippen LogP contribution in [0.1, 0.15) is 19.8 Å². The van der Waals surface area contributed by atoms with Crippen LogP contribution in [0.25, 0.3) is 0 Å². The summed E-state index contributed by atoms with van der Waals surface area (Å²) < 4.78 is 9.64. The van der Waals surface area contributed by atoms with Crippen molar-refractivity contribution in [2.45, 2.75) is 19.8 Å². The van der Waals surface area contributed by atoms with E-state index in [2.05, 4.69) is 5.32 Å². The summed E-state index contributed by atoms with van der Waals surface area (Å²) in [7, 11) is 1.68. The van der Waals surface area contributed by atoms with E-state index < -0.39 is 0 Å². The second-order valence-corrected chi connectivity index (χ2v) is 2.65. The molecule has 0 bridgehead atoms. The number of carbonyl (C=O) groups excluding carboxylic acids is 1. The van der Waals surface area contributed by atoms with Gasteiger partial charge in [-0.3, -0.25) is 4.79 Å². The Kier molecular flexibility index (Phi) is 9.03. The number of methoxy groups -OCH3 is 1. The van der Waals surface area contributed by atoms with E-state index in [1.807, 2.05) is 6.92 Å². The summed E-state index contributed by atoms with van der Waals surface area (Å²) in [5.41, 5.74) is 0. The first-order chi connectivity index (χ1) is 6.31. The van der Waals surface area contributed by atoms with Crippen molar-refractivity contribution in [2.75, 3.05) is 33.4 Å². The molecule has 0 amide bonds. The van der Waals surface area contributed by atoms with E-state index in [9.17, 15) is 4.79 Å². The largest absolute Gasteiger partial charge is 0.466 e. The highest BCUT2D eigenvalue weighted by Gasteiger charge is 1.99. The molecule has 0 aliphatic carbocycles. The molecular formula is C9H19NO3. The van der Waals surface area contributed by atoms with Gasteiger partial charge in [-0.2, -0.15) is 0 Å². The molecule has 0 aliphatic heterocycles. The Morgan fingerprint density at radius 3 is 2.77 bits per heavy atom. The third kappa shape index (κ3) is 9.30. The number of hydrogen-bond donors (Lipinski definition) is 1. The van der Waals surface area contributed by atoms with Crippen LogP contribution in [0.5, 0.6) is 0 Å². The fourth-order valence-corrected chi connectivity index (χ4v) is 0.890. The molecule has 0 aliphatic rings. The summed E-state index contributed by atoms with van der Waals surface area (Å²) in [6, 6.07) is 0. The van der Waals surface area contributed by atoms with Crippen LogP contribution in [0.3, 0.4) is 0 Å². The molecule has 0 atom stereocenters. The van der Waals surface area contributed by atoms with Crippen LogP contribution in [-0.2, 0) is 14.3 Å². The zero-order valence-electron chi connectivity index (χ0n) is 8.47. The lowest BCUT2D eigenvalue weighted by Crippen LogP contribution is -2.21. The fourth-order valence-electron chi connectivity index (χ4n) is 0.890. The van der Waals surface area contributed by atoms with Crippen molar-refractivity contribution in [3.8, 4) is 0 Å². The first kappa shape index (κ1) is 12.4. The van der Waals surface area contributed by atoms with E-state index in [1.165, 1.54) is 0 Å². The van der Waals surface area contributed by atoms with Crippen molar-refractivity contribution >= 4 is 5.97 Å². The van der Waals surface area contributed by atoms with Gasteiger partial charge in [0, 0.05) is 20.3 Å². The summed E-state index contributed by atoms with van der Waals surface area (Å²) >= 11 is 0. The molecular weight excluding hydrogens is 170 g/mol. The van der Waals surface area contributed by atoms with Crippen molar-refractivity contribution in [1.29, 1.82) is 0 Å². The van der Waals surface area contributed by atoms with E-state index in [0.29, 0.717) is 19.6 Å². The van der Waals surface area contributed by atoms with Crippen LogP contribution in [0.2, 0.25) is 0 Å². The minimum absolute atomic E-state index is 0.137. The highest BCUT2D eigenvalue weighted by atomic mass is 16.5. The topological polar surface area (TPSA) is 47.6 Å². The van der Waals surface area contributed by atoms with Crippen LogP contribution in [-0.4, -0.2) is 39.4 Å². The van der Waals surface area contributed by atoms with Gasteiger partial charge in [0.2, 0.25) is 0 Å². The minimum atomic E-state index is -0.137. The minimum Gasteiger partial charge on any atom is -0.466 e. The Hall–Kier alpha value is -0.610. The van der Waals surface area contributed by atoms with Gasteiger partial charge in [0.1, 0.15) is 0 Å². The Morgan fingerprint density at radius 1 is 1.38 bits per heavy atom. The molecule has 0 aromatic rings. The first-order valence-corrected chi connectivity index (χ1v) is 4.66. The molecule has 0 unspecified atom stereocenters. The lowest BCUT2D eigenvalue weighted by Gasteiger charge is -2.03. The van der Waals surface area contributed by atoms with Gasteiger partial charge in [0.15, 0.2) is 0 Å². The average molecular weight is 189 g/mol. The number of carbonyl (C=O) groups is 1. The molecule has 78 valence electrons. The fraction of sp³-hybridized carbons (Fsp3) is 0.889. The monoisotopic (exact) mass is 189 g/mol. The second-order valence-electron chi connectivity index (χ2n) is 2.65. The summed E-state index contributed by atoms with van der Waals surface area (Å²) in [6.07, 6.45) is 1.42. The number of hydrogen-bond acceptors (Lipinski definition) is 4. The Bertz CT molecular complexity index is 128. The van der Waals surface area contributed by atoms with Gasteiger partial charge in [-0.1, -0.05) is 0 Å². The summed E-state index contributed by atoms with van der Waals surface area (Å²) in [4.78, 5) is 10.8. The second kappa shape index (κ2) is 9.48. The lowest BCUT2D eigenvalue weighted by molar-refractivity contribution is -0.142. The van der Waals surface area contributed by atoms with Gasteiger partial charge < -0.3 is 14.8 Å². The van der Waals surface area contributed by atoms with Crippen LogP contribution in [0, 0.1) is 0 Å². The Labute approximate surface area is 79.6 Å². The number of esters is 1. The predicted octanol–water partition coefficient (Wildman–Crippen LogP) is 0.566. The molecule has 0 aromatic heterocycles. The predicted molar refractivity (Wildman–Crippen MR) is 50.6 cm³/mol. The molecule has 4 nitrogen and oxygen atoms in total. The molecule has 0 spiro atoms. The van der Waals surface area contributed by atoms with E-state index in [0.717, 1.165) is 19.6 Å². The first-order valence-electron chi connectivity index (χ1n) is 4.66. The normalized spacial score (nSPS) is 10.0. The van der Waals surface area contributed by atoms with Crippen molar-refractivity contribution in [3.63, 3.8) is 0 Å². The van der Waals surface area contributed by atoms with Crippen molar-refractivity contribution in [1.82, 2.24) is 5.32 Å². The average Bonchev–Trinajstić information content (AvgIpc) is 2.11. The smallest absolute Gasteiger partial charge is 0.307 e. The standard InChI is InChI=1S/C9H19NO3/c1-3-13-9(11)5-7-10-6-4-8-12-2/h10H,3-8H2,1-2H3. The summed E-state index contributed by atoms with van der Waals surface area (Å²) in [6.45, 7) is 4.59. The Balaban J connectivity index is 3.02. The van der Waals surface area contributed by atoms with Crippen molar-refractivity contribution in [3.05, 3.63) is 0 Å². The van der Waals surface area contributed by atoms with E-state index in [1.54, 1.807) is 7.11 Å². The molecule has 0 saturated heterocycles. The van der Waals surface area contributed by atoms with Gasteiger partial charge in [-0.15, -0.1) is 0 Å². The quantitative estimate of drug-likeness (QED) is 0.448. The number of nitrogens with one attached hydrogen (secondary N) is 1. The van der Waals surface area contributed by atoms with Crippen LogP contribution in [0.15, 0.2) is 0 Å². The number of ether oxygens (including phenoxy) is 2. The van der Waals surface area contributed by atoms with Crippen LogP contribution in [0.4, 0.5) is 0 Å². The molecule has 0 aromatic carbocycles. The number of rotatable bonds is 8. The lowest BCUT2D eigenvalue weighted by atomic mass is 10.4. The Morgan fingerprint density at radius 2 is 2.15 bits per heavy atom. The molecule has 1 N–H and O–H groups in total. The van der Waals surface area contributed by atoms with Crippen LogP contribution >= 0.6 is 0 Å². The third-order valence-corrected chi connectivity index (χ3v) is 1.51. The zero-order chi connectivity index (χ0) is 9.94. The highest BCUT2D eigenvalue weighted by molar-refractivity contribution is 5.69. The van der Waals surface area contributed by atoms with Gasteiger partial charge in [-0.05, 0) is 19.9 Å². The maximum absolute atomic E-state index is 10.8. The molecule has 0 heterocycles. The molecule has 0 radical (unpaired) electrons. The SMILES string of the molecule is CCOC(=O)CCNCCCOC. The highest BCUT2D eigenvalue weighted by Crippen LogP contribution is 1.84. The van der Waals surface area contributed by atoms with E-state index in [-0.39, 0.29) is 5.97 Å². The molecule has 13 heavy (non-hydrogen) atoms. The summed E-state index contributed by atoms with van der Waals surface area (Å²) in [5.74, 6) is -0.137. The molecule has 0 rings (SSSR count). The third-order valence-electron chi connectivity index (χ3n) is 1.51. The van der Waals surface area contributed by atoms with Crippen molar-refractivity contribution in [2.24, 2.45) is 0 Å². The van der Waals surface area contributed by atoms with Gasteiger partial charge >= 0.3 is 5.97 Å². The molecule has 4 heteroatoms. The summed E-state index contributed by atoms with van der Waals surface area (Å²) in [5, 5.41) is 3.13.